The molecule has 0 fully saturated rings. The van der Waals surface area contributed by atoms with Crippen molar-refractivity contribution in [1.82, 2.24) is 9.78 Å². The van der Waals surface area contributed by atoms with E-state index in [-0.39, 0.29) is 11.9 Å². The van der Waals surface area contributed by atoms with Crippen LogP contribution in [0.2, 0.25) is 0 Å². The van der Waals surface area contributed by atoms with Gasteiger partial charge in [0, 0.05) is 24.8 Å². The van der Waals surface area contributed by atoms with E-state index in [0.29, 0.717) is 0 Å². The normalized spacial score (nSPS) is 10.5. The fourth-order valence-corrected chi connectivity index (χ4v) is 2.00. The Morgan fingerprint density at radius 3 is 2.67 bits per heavy atom. The van der Waals surface area contributed by atoms with Crippen LogP contribution in [0.15, 0.2) is 43.1 Å². The highest BCUT2D eigenvalue weighted by atomic mass is 16.1. The minimum absolute atomic E-state index is 0.236. The van der Waals surface area contributed by atoms with Gasteiger partial charge in [-0.15, -0.1) is 0 Å². The van der Waals surface area contributed by atoms with Gasteiger partial charge in [0.2, 0.25) is 5.91 Å². The van der Waals surface area contributed by atoms with Gasteiger partial charge in [-0.3, -0.25) is 9.48 Å². The van der Waals surface area contributed by atoms with E-state index in [1.54, 1.807) is 4.68 Å². The van der Waals surface area contributed by atoms with Gasteiger partial charge in [-0.2, -0.15) is 5.10 Å². The van der Waals surface area contributed by atoms with E-state index >= 15 is 0 Å². The van der Waals surface area contributed by atoms with E-state index in [1.807, 2.05) is 51.4 Å². The predicted molar refractivity (Wildman–Crippen MR) is 86.2 cm³/mol. The molecule has 1 aromatic heterocycles. The number of aromatic nitrogens is 2. The molecule has 5 nitrogen and oxygen atoms in total. The Bertz CT molecular complexity index is 658. The van der Waals surface area contributed by atoms with Gasteiger partial charge in [-0.25, -0.2) is 0 Å². The van der Waals surface area contributed by atoms with Crippen molar-refractivity contribution in [2.24, 2.45) is 7.05 Å². The Morgan fingerprint density at radius 1 is 1.33 bits per heavy atom. The summed E-state index contributed by atoms with van der Waals surface area (Å²) in [5, 5.41) is 10.5. The molecular formula is C16H20N4O. The van der Waals surface area contributed by atoms with Gasteiger partial charge in [0.1, 0.15) is 0 Å². The van der Waals surface area contributed by atoms with Crippen molar-refractivity contribution in [3.8, 4) is 11.3 Å². The van der Waals surface area contributed by atoms with Crippen molar-refractivity contribution in [3.63, 3.8) is 0 Å². The maximum absolute atomic E-state index is 11.6. The first-order chi connectivity index (χ1) is 9.99. The highest BCUT2D eigenvalue weighted by Gasteiger charge is 2.09. The van der Waals surface area contributed by atoms with Crippen molar-refractivity contribution >= 4 is 17.3 Å². The van der Waals surface area contributed by atoms with Crippen molar-refractivity contribution < 1.29 is 4.79 Å². The summed E-state index contributed by atoms with van der Waals surface area (Å²) in [5.74, 6) is -0.236. The third kappa shape index (κ3) is 3.72. The number of aryl methyl sites for hydroxylation is 1. The Hall–Kier alpha value is -2.56. The van der Waals surface area contributed by atoms with Crippen LogP contribution in [0.25, 0.3) is 11.3 Å². The van der Waals surface area contributed by atoms with Crippen LogP contribution in [0, 0.1) is 0 Å². The fraction of sp³-hybridized carbons (Fsp3) is 0.250. The molecule has 0 bridgehead atoms. The zero-order chi connectivity index (χ0) is 15.4. The number of nitrogens with one attached hydrogen (secondary N) is 2. The first-order valence-electron chi connectivity index (χ1n) is 6.83. The van der Waals surface area contributed by atoms with E-state index in [9.17, 15) is 4.79 Å². The van der Waals surface area contributed by atoms with E-state index in [4.69, 9.17) is 0 Å². The van der Waals surface area contributed by atoms with E-state index < -0.39 is 0 Å². The molecule has 2 rings (SSSR count). The van der Waals surface area contributed by atoms with Crippen LogP contribution in [0.1, 0.15) is 13.8 Å². The average Bonchev–Trinajstić information content (AvgIpc) is 2.86. The standard InChI is InChI=1S/C16H20N4O/c1-5-16(21)18-15-10-12(13-8-9-20(4)19-13)6-7-14(15)17-11(2)3/h5-11,17H,1H2,2-4H3,(H,18,21). The molecule has 0 aliphatic carbocycles. The number of anilines is 2. The molecule has 0 aliphatic rings. The molecule has 0 aliphatic heterocycles. The van der Waals surface area contributed by atoms with Gasteiger partial charge in [0.25, 0.3) is 0 Å². The summed E-state index contributed by atoms with van der Waals surface area (Å²) < 4.78 is 1.75. The quantitative estimate of drug-likeness (QED) is 0.830. The number of benzene rings is 1. The zero-order valence-electron chi connectivity index (χ0n) is 12.6. The third-order valence-electron chi connectivity index (χ3n) is 2.92. The summed E-state index contributed by atoms with van der Waals surface area (Å²) in [6, 6.07) is 8.04. The molecule has 0 saturated heterocycles. The molecule has 0 saturated carbocycles. The minimum atomic E-state index is -0.236. The molecule has 0 unspecified atom stereocenters. The molecule has 110 valence electrons. The maximum atomic E-state index is 11.6. The van der Waals surface area contributed by atoms with Crippen molar-refractivity contribution in [1.29, 1.82) is 0 Å². The Kier molecular flexibility index (Phi) is 4.42. The topological polar surface area (TPSA) is 59.0 Å². The highest BCUT2D eigenvalue weighted by molar-refractivity contribution is 6.01. The summed E-state index contributed by atoms with van der Waals surface area (Å²) in [5.41, 5.74) is 3.41. The Labute approximate surface area is 124 Å². The Balaban J connectivity index is 2.39. The first-order valence-corrected chi connectivity index (χ1v) is 6.83. The van der Waals surface area contributed by atoms with Gasteiger partial charge in [0.05, 0.1) is 17.1 Å². The summed E-state index contributed by atoms with van der Waals surface area (Å²) >= 11 is 0. The Morgan fingerprint density at radius 2 is 2.10 bits per heavy atom. The van der Waals surface area contributed by atoms with Crippen molar-refractivity contribution in [3.05, 3.63) is 43.1 Å². The molecule has 5 heteroatoms. The lowest BCUT2D eigenvalue weighted by molar-refractivity contribution is -0.111. The van der Waals surface area contributed by atoms with Crippen molar-refractivity contribution in [2.75, 3.05) is 10.6 Å². The van der Waals surface area contributed by atoms with Crippen LogP contribution in [-0.4, -0.2) is 21.7 Å². The molecule has 21 heavy (non-hydrogen) atoms. The number of rotatable bonds is 5. The number of nitrogens with zero attached hydrogens (tertiary/aromatic N) is 2. The number of carbonyl (C=O) groups excluding carboxylic acids is 1. The number of hydrogen-bond acceptors (Lipinski definition) is 3. The van der Waals surface area contributed by atoms with Crippen LogP contribution in [0.3, 0.4) is 0 Å². The molecular weight excluding hydrogens is 264 g/mol. The summed E-state index contributed by atoms with van der Waals surface area (Å²) in [7, 11) is 1.87. The molecule has 2 aromatic rings. The fourth-order valence-electron chi connectivity index (χ4n) is 2.00. The number of amides is 1. The second-order valence-corrected chi connectivity index (χ2v) is 5.13. The van der Waals surface area contributed by atoms with Gasteiger partial charge in [-0.1, -0.05) is 12.6 Å². The SMILES string of the molecule is C=CC(=O)Nc1cc(-c2ccn(C)n2)ccc1NC(C)C. The summed E-state index contributed by atoms with van der Waals surface area (Å²) in [6.45, 7) is 7.58. The van der Waals surface area contributed by atoms with Gasteiger partial charge >= 0.3 is 0 Å². The summed E-state index contributed by atoms with van der Waals surface area (Å²) in [6.07, 6.45) is 3.14. The van der Waals surface area contributed by atoms with Crippen LogP contribution < -0.4 is 10.6 Å². The molecule has 0 radical (unpaired) electrons. The lowest BCUT2D eigenvalue weighted by Crippen LogP contribution is -2.14. The lowest BCUT2D eigenvalue weighted by atomic mass is 10.1. The van der Waals surface area contributed by atoms with Gasteiger partial charge in [-0.05, 0) is 38.1 Å². The molecule has 0 spiro atoms. The smallest absolute Gasteiger partial charge is 0.247 e. The molecule has 0 atom stereocenters. The van der Waals surface area contributed by atoms with E-state index in [2.05, 4.69) is 22.3 Å². The first kappa shape index (κ1) is 14.8. The van der Waals surface area contributed by atoms with E-state index in [1.165, 1.54) is 6.08 Å². The van der Waals surface area contributed by atoms with Crippen LogP contribution in [0.4, 0.5) is 11.4 Å². The average molecular weight is 284 g/mol. The van der Waals surface area contributed by atoms with E-state index in [0.717, 1.165) is 22.6 Å². The summed E-state index contributed by atoms with van der Waals surface area (Å²) in [4.78, 5) is 11.6. The minimum Gasteiger partial charge on any atom is -0.381 e. The highest BCUT2D eigenvalue weighted by Crippen LogP contribution is 2.28. The van der Waals surface area contributed by atoms with Crippen LogP contribution >= 0.6 is 0 Å². The van der Waals surface area contributed by atoms with Crippen LogP contribution in [-0.2, 0) is 11.8 Å². The molecule has 1 amide bonds. The third-order valence-corrected chi connectivity index (χ3v) is 2.92. The maximum Gasteiger partial charge on any atom is 0.247 e. The largest absolute Gasteiger partial charge is 0.381 e. The molecule has 1 aromatic carbocycles. The second-order valence-electron chi connectivity index (χ2n) is 5.13. The predicted octanol–water partition coefficient (Wildman–Crippen LogP) is 3.03. The van der Waals surface area contributed by atoms with Crippen molar-refractivity contribution in [2.45, 2.75) is 19.9 Å². The monoisotopic (exact) mass is 284 g/mol. The van der Waals surface area contributed by atoms with Gasteiger partial charge < -0.3 is 10.6 Å². The number of carbonyl (C=O) groups is 1. The second kappa shape index (κ2) is 6.26. The molecule has 2 N–H and O–H groups in total. The number of hydrogen-bond donors (Lipinski definition) is 2. The zero-order valence-corrected chi connectivity index (χ0v) is 12.6. The van der Waals surface area contributed by atoms with Gasteiger partial charge in [0.15, 0.2) is 0 Å². The molecule has 1 heterocycles. The lowest BCUT2D eigenvalue weighted by Gasteiger charge is -2.16. The van der Waals surface area contributed by atoms with Crippen LogP contribution in [0.5, 0.6) is 0 Å².